The fourth-order valence-corrected chi connectivity index (χ4v) is 4.59. The topological polar surface area (TPSA) is 123 Å². The van der Waals surface area contributed by atoms with Crippen molar-refractivity contribution in [2.75, 3.05) is 18.2 Å². The van der Waals surface area contributed by atoms with Crippen LogP contribution in [0.15, 0.2) is 17.1 Å². The normalized spacial score (nSPS) is 23.2. The van der Waals surface area contributed by atoms with Crippen LogP contribution in [0.1, 0.15) is 97.1 Å². The van der Waals surface area contributed by atoms with Crippen molar-refractivity contribution in [2.24, 2.45) is 0 Å². The van der Waals surface area contributed by atoms with Crippen LogP contribution in [-0.4, -0.2) is 51.9 Å². The molecular weight excluding hydrogens is 505 g/mol. The first kappa shape index (κ1) is 31.0. The van der Waals surface area contributed by atoms with Crippen molar-refractivity contribution in [2.45, 2.75) is 115 Å². The van der Waals surface area contributed by atoms with E-state index in [1.807, 2.05) is 0 Å². The number of carbonyl (C=O) groups excluding carboxylic acids is 2. The van der Waals surface area contributed by atoms with Crippen molar-refractivity contribution < 1.29 is 28.2 Å². The predicted octanol–water partition coefficient (Wildman–Crippen LogP) is 4.85. The van der Waals surface area contributed by atoms with Gasteiger partial charge in [0, 0.05) is 19.0 Å². The lowest BCUT2D eigenvalue weighted by Gasteiger charge is -2.31. The van der Waals surface area contributed by atoms with Gasteiger partial charge in [-0.05, 0) is 18.9 Å². The number of hydrogen-bond acceptors (Lipinski definition) is 8. The summed E-state index contributed by atoms with van der Waals surface area (Å²) in [4.78, 5) is 41.0. The molecule has 0 aromatic carbocycles. The Bertz CT molecular complexity index is 917. The molecule has 1 aromatic heterocycles. The zero-order valence-electron chi connectivity index (χ0n) is 22.0. The largest absolute Gasteiger partial charge is 0.462 e. The number of esters is 2. The summed E-state index contributed by atoms with van der Waals surface area (Å²) in [6, 6.07) is 1.33. The second kappa shape index (κ2) is 15.9. The van der Waals surface area contributed by atoms with Crippen LogP contribution >= 0.6 is 11.6 Å². The van der Waals surface area contributed by atoms with E-state index in [-0.39, 0.29) is 24.5 Å². The molecule has 1 saturated heterocycles. The summed E-state index contributed by atoms with van der Waals surface area (Å²) in [5.74, 6) is -1.44. The maximum Gasteiger partial charge on any atom is 0.351 e. The van der Waals surface area contributed by atoms with Crippen LogP contribution in [0.25, 0.3) is 0 Å². The number of halogens is 2. The Morgan fingerprint density at radius 1 is 1.08 bits per heavy atom. The lowest BCUT2D eigenvalue weighted by Crippen LogP contribution is -2.50. The zero-order chi connectivity index (χ0) is 27.3. The van der Waals surface area contributed by atoms with Gasteiger partial charge in [0.05, 0.1) is 5.88 Å². The van der Waals surface area contributed by atoms with Gasteiger partial charge in [-0.25, -0.2) is 9.18 Å². The van der Waals surface area contributed by atoms with Gasteiger partial charge in [0.25, 0.3) is 0 Å². The second-order valence-electron chi connectivity index (χ2n) is 9.59. The van der Waals surface area contributed by atoms with Gasteiger partial charge in [-0.2, -0.15) is 4.98 Å². The van der Waals surface area contributed by atoms with Crippen LogP contribution in [0.2, 0.25) is 0 Å². The molecular formula is C26H41ClFN3O6. The van der Waals surface area contributed by atoms with E-state index in [4.69, 9.17) is 31.5 Å². The van der Waals surface area contributed by atoms with E-state index in [2.05, 4.69) is 18.8 Å². The molecule has 11 heteroatoms. The van der Waals surface area contributed by atoms with Crippen molar-refractivity contribution in [3.8, 4) is 0 Å². The third-order valence-electron chi connectivity index (χ3n) is 6.49. The van der Waals surface area contributed by atoms with Gasteiger partial charge in [-0.3, -0.25) is 14.2 Å². The summed E-state index contributed by atoms with van der Waals surface area (Å²) in [5.41, 5.74) is 3.04. The van der Waals surface area contributed by atoms with Crippen LogP contribution in [0.5, 0.6) is 0 Å². The van der Waals surface area contributed by atoms with Crippen LogP contribution in [0, 0.1) is 0 Å². The highest BCUT2D eigenvalue weighted by atomic mass is 35.5. The van der Waals surface area contributed by atoms with Crippen molar-refractivity contribution in [3.63, 3.8) is 0 Å². The maximum atomic E-state index is 15.8. The predicted molar refractivity (Wildman–Crippen MR) is 139 cm³/mol. The standard InChI is InChI=1S/C26H41ClFN3O6/c1-3-5-7-9-11-13-20(32)35-18-26(17-27)23(36-21(33)14-12-10-8-6-4-2)22(28)24(37-26)31-16-15-19(29)30-25(31)34/h15-16,22-24H,3-14,17-18H2,1-2H3,(H2,29,30,34)/t22-,23+,24-,26-/m1/s1. The SMILES string of the molecule is CCCCCCCC(=O)OC[C@@]1(CCl)O[C@@H](n2ccc(N)nc2=O)[C@H](F)[C@@H]1OC(=O)CCCCCCC. The molecule has 0 bridgehead atoms. The fraction of sp³-hybridized carbons (Fsp3) is 0.769. The molecule has 0 spiro atoms. The molecule has 0 saturated carbocycles. The van der Waals surface area contributed by atoms with Crippen molar-refractivity contribution in [1.29, 1.82) is 0 Å². The number of ether oxygens (including phenoxy) is 3. The third kappa shape index (κ3) is 9.25. The number of rotatable bonds is 17. The molecule has 4 atom stereocenters. The smallest absolute Gasteiger partial charge is 0.351 e. The number of nitrogens with two attached hydrogens (primary N) is 1. The molecule has 0 aliphatic carbocycles. The Balaban J connectivity index is 2.14. The van der Waals surface area contributed by atoms with Crippen molar-refractivity contribution in [1.82, 2.24) is 9.55 Å². The van der Waals surface area contributed by atoms with Gasteiger partial charge >= 0.3 is 17.6 Å². The number of aromatic nitrogens is 2. The fourth-order valence-electron chi connectivity index (χ4n) is 4.30. The molecule has 1 aromatic rings. The molecule has 1 aliphatic rings. The van der Waals surface area contributed by atoms with Gasteiger partial charge < -0.3 is 19.9 Å². The highest BCUT2D eigenvalue weighted by Gasteiger charge is 2.59. The molecule has 1 fully saturated rings. The Hall–Kier alpha value is -2.20. The zero-order valence-corrected chi connectivity index (χ0v) is 22.7. The number of unbranched alkanes of at least 4 members (excludes halogenated alkanes) is 8. The number of hydrogen-bond donors (Lipinski definition) is 1. The molecule has 1 aliphatic heterocycles. The van der Waals surface area contributed by atoms with Gasteiger partial charge in [-0.15, -0.1) is 11.6 Å². The summed E-state index contributed by atoms with van der Waals surface area (Å²) in [5, 5.41) is 0. The lowest BCUT2D eigenvalue weighted by atomic mass is 9.98. The Morgan fingerprint density at radius 2 is 1.68 bits per heavy atom. The summed E-state index contributed by atoms with van der Waals surface area (Å²) in [6.45, 7) is 3.78. The van der Waals surface area contributed by atoms with Gasteiger partial charge in [0.1, 0.15) is 12.4 Å². The number of alkyl halides is 2. The van der Waals surface area contributed by atoms with E-state index >= 15 is 4.39 Å². The molecule has 2 N–H and O–H groups in total. The highest BCUT2D eigenvalue weighted by molar-refractivity contribution is 6.18. The molecule has 9 nitrogen and oxygen atoms in total. The Kier molecular flexibility index (Phi) is 13.3. The Morgan fingerprint density at radius 3 is 2.24 bits per heavy atom. The first-order chi connectivity index (χ1) is 17.8. The molecule has 0 radical (unpaired) electrons. The van der Waals surface area contributed by atoms with Crippen molar-refractivity contribution in [3.05, 3.63) is 22.7 Å². The molecule has 37 heavy (non-hydrogen) atoms. The summed E-state index contributed by atoms with van der Waals surface area (Å²) < 4.78 is 33.6. The summed E-state index contributed by atoms with van der Waals surface area (Å²) in [7, 11) is 0. The van der Waals surface area contributed by atoms with Crippen LogP contribution < -0.4 is 11.4 Å². The molecule has 2 rings (SSSR count). The van der Waals surface area contributed by atoms with Gasteiger partial charge in [0.15, 0.2) is 24.1 Å². The first-order valence-corrected chi connectivity index (χ1v) is 13.9. The molecule has 2 heterocycles. The molecule has 0 unspecified atom stereocenters. The number of nitrogen functional groups attached to an aromatic ring is 1. The van der Waals surface area contributed by atoms with E-state index in [1.54, 1.807) is 0 Å². The van der Waals surface area contributed by atoms with Crippen LogP contribution in [0.3, 0.4) is 0 Å². The number of anilines is 1. The molecule has 0 amide bonds. The van der Waals surface area contributed by atoms with Crippen LogP contribution in [0.4, 0.5) is 10.2 Å². The minimum Gasteiger partial charge on any atom is -0.462 e. The minimum absolute atomic E-state index is 0.0304. The summed E-state index contributed by atoms with van der Waals surface area (Å²) in [6.07, 6.45) is 6.03. The van der Waals surface area contributed by atoms with E-state index in [0.29, 0.717) is 12.8 Å². The third-order valence-corrected chi connectivity index (χ3v) is 6.94. The Labute approximate surface area is 223 Å². The number of carbonyl (C=O) groups is 2. The van der Waals surface area contributed by atoms with Crippen molar-refractivity contribution >= 4 is 29.4 Å². The van der Waals surface area contributed by atoms with E-state index in [9.17, 15) is 14.4 Å². The van der Waals surface area contributed by atoms with E-state index < -0.39 is 48.3 Å². The van der Waals surface area contributed by atoms with Crippen LogP contribution in [-0.2, 0) is 23.8 Å². The quantitative estimate of drug-likeness (QED) is 0.167. The average molecular weight is 546 g/mol. The molecule has 210 valence electrons. The maximum absolute atomic E-state index is 15.8. The van der Waals surface area contributed by atoms with Gasteiger partial charge in [-0.1, -0.05) is 65.2 Å². The van der Waals surface area contributed by atoms with E-state index in [1.165, 1.54) is 12.3 Å². The van der Waals surface area contributed by atoms with E-state index in [0.717, 1.165) is 55.9 Å². The average Bonchev–Trinajstić information content (AvgIpc) is 3.14. The summed E-state index contributed by atoms with van der Waals surface area (Å²) >= 11 is 6.24. The number of nitrogens with zero attached hydrogens (tertiary/aromatic N) is 2. The second-order valence-corrected chi connectivity index (χ2v) is 9.86. The van der Waals surface area contributed by atoms with Gasteiger partial charge in [0.2, 0.25) is 0 Å². The first-order valence-electron chi connectivity index (χ1n) is 13.4. The highest BCUT2D eigenvalue weighted by Crippen LogP contribution is 2.42. The minimum atomic E-state index is -1.96. The lowest BCUT2D eigenvalue weighted by molar-refractivity contribution is -0.174. The monoisotopic (exact) mass is 545 g/mol.